The zero-order valence-corrected chi connectivity index (χ0v) is 14.0. The average Bonchev–Trinajstić information content (AvgIpc) is 2.77. The molecule has 0 fully saturated rings. The van der Waals surface area contributed by atoms with Crippen LogP contribution < -0.4 is 5.32 Å². The standard InChI is InChI=1S/C20H19F2N3/c1-13-5-4-6-15(11-13)25-20-17(7-2-3-10-23-20)19(24-25)16-9-8-14(21)12-18(16)22/h4-6,8-9,11-12,23H,2-3,7,10H2,1H3. The average molecular weight is 339 g/mol. The number of anilines is 1. The van der Waals surface area contributed by atoms with Crippen molar-refractivity contribution in [2.45, 2.75) is 26.2 Å². The van der Waals surface area contributed by atoms with Gasteiger partial charge in [-0.3, -0.25) is 0 Å². The van der Waals surface area contributed by atoms with Crippen molar-refractivity contribution in [1.82, 2.24) is 9.78 Å². The van der Waals surface area contributed by atoms with E-state index < -0.39 is 11.6 Å². The molecule has 1 aliphatic rings. The molecule has 3 nitrogen and oxygen atoms in total. The summed E-state index contributed by atoms with van der Waals surface area (Å²) in [5, 5.41) is 8.13. The lowest BCUT2D eigenvalue weighted by Gasteiger charge is -2.09. The van der Waals surface area contributed by atoms with Crippen LogP contribution in [-0.4, -0.2) is 16.3 Å². The maximum Gasteiger partial charge on any atom is 0.135 e. The molecule has 0 atom stereocenters. The van der Waals surface area contributed by atoms with E-state index in [1.807, 2.05) is 35.9 Å². The quantitative estimate of drug-likeness (QED) is 0.721. The minimum absolute atomic E-state index is 0.341. The predicted octanol–water partition coefficient (Wildman–Crippen LogP) is 4.87. The summed E-state index contributed by atoms with van der Waals surface area (Å²) in [4.78, 5) is 0. The third-order valence-electron chi connectivity index (χ3n) is 4.56. The zero-order chi connectivity index (χ0) is 17.4. The van der Waals surface area contributed by atoms with Gasteiger partial charge in [-0.2, -0.15) is 5.10 Å². The zero-order valence-electron chi connectivity index (χ0n) is 14.0. The minimum Gasteiger partial charge on any atom is -0.370 e. The van der Waals surface area contributed by atoms with Gasteiger partial charge in [0.2, 0.25) is 0 Å². The van der Waals surface area contributed by atoms with Gasteiger partial charge in [0.25, 0.3) is 0 Å². The maximum atomic E-state index is 14.4. The first-order valence-electron chi connectivity index (χ1n) is 8.52. The normalized spacial score (nSPS) is 13.9. The van der Waals surface area contributed by atoms with Crippen LogP contribution in [0.25, 0.3) is 16.9 Å². The number of nitrogens with one attached hydrogen (secondary N) is 1. The van der Waals surface area contributed by atoms with Gasteiger partial charge in [-0.05, 0) is 56.0 Å². The molecule has 0 aliphatic carbocycles. The molecule has 0 spiro atoms. The molecule has 3 aromatic rings. The lowest BCUT2D eigenvalue weighted by molar-refractivity contribution is 0.585. The van der Waals surface area contributed by atoms with Gasteiger partial charge in [0, 0.05) is 23.7 Å². The Bertz CT molecular complexity index is 931. The molecule has 0 saturated heterocycles. The summed E-state index contributed by atoms with van der Waals surface area (Å²) >= 11 is 0. The van der Waals surface area contributed by atoms with Gasteiger partial charge in [0.1, 0.15) is 23.1 Å². The largest absolute Gasteiger partial charge is 0.370 e. The number of rotatable bonds is 2. The molecule has 0 bridgehead atoms. The highest BCUT2D eigenvalue weighted by atomic mass is 19.1. The number of halogens is 2. The van der Waals surface area contributed by atoms with Gasteiger partial charge in [-0.15, -0.1) is 0 Å². The van der Waals surface area contributed by atoms with Gasteiger partial charge in [-0.1, -0.05) is 12.1 Å². The van der Waals surface area contributed by atoms with Crippen molar-refractivity contribution < 1.29 is 8.78 Å². The van der Waals surface area contributed by atoms with E-state index in [1.165, 1.54) is 12.1 Å². The SMILES string of the molecule is Cc1cccc(-n2nc(-c3ccc(F)cc3F)c3c2NCCCC3)c1. The highest BCUT2D eigenvalue weighted by molar-refractivity contribution is 5.71. The van der Waals surface area contributed by atoms with Gasteiger partial charge in [-0.25, -0.2) is 13.5 Å². The summed E-state index contributed by atoms with van der Waals surface area (Å²) in [6, 6.07) is 11.7. The third kappa shape index (κ3) is 2.90. The van der Waals surface area contributed by atoms with Crippen LogP contribution in [0, 0.1) is 18.6 Å². The summed E-state index contributed by atoms with van der Waals surface area (Å²) in [6.07, 6.45) is 2.88. The summed E-state index contributed by atoms with van der Waals surface area (Å²) < 4.78 is 29.5. The van der Waals surface area contributed by atoms with Gasteiger partial charge in [0.05, 0.1) is 5.69 Å². The maximum absolute atomic E-state index is 14.4. The lowest BCUT2D eigenvalue weighted by atomic mass is 10.0. The summed E-state index contributed by atoms with van der Waals surface area (Å²) in [7, 11) is 0. The summed E-state index contributed by atoms with van der Waals surface area (Å²) in [5.74, 6) is -0.258. The van der Waals surface area contributed by atoms with Crippen molar-refractivity contribution in [3.05, 3.63) is 65.2 Å². The van der Waals surface area contributed by atoms with Crippen molar-refractivity contribution >= 4 is 5.82 Å². The summed E-state index contributed by atoms with van der Waals surface area (Å²) in [5.41, 5.74) is 3.98. The first-order valence-corrected chi connectivity index (χ1v) is 8.52. The highest BCUT2D eigenvalue weighted by Crippen LogP contribution is 2.35. The van der Waals surface area contributed by atoms with E-state index in [2.05, 4.69) is 5.32 Å². The fourth-order valence-electron chi connectivity index (χ4n) is 3.35. The molecular formula is C20H19F2N3. The molecule has 2 aromatic carbocycles. The molecule has 1 aromatic heterocycles. The van der Waals surface area contributed by atoms with Crippen molar-refractivity contribution in [3.8, 4) is 16.9 Å². The fourth-order valence-corrected chi connectivity index (χ4v) is 3.35. The second-order valence-corrected chi connectivity index (χ2v) is 6.43. The van der Waals surface area contributed by atoms with Gasteiger partial charge < -0.3 is 5.32 Å². The molecule has 5 heteroatoms. The molecule has 25 heavy (non-hydrogen) atoms. The number of nitrogens with zero attached hydrogens (tertiary/aromatic N) is 2. The lowest BCUT2D eigenvalue weighted by Crippen LogP contribution is -2.07. The fraction of sp³-hybridized carbons (Fsp3) is 0.250. The number of hydrogen-bond donors (Lipinski definition) is 1. The van der Waals surface area contributed by atoms with Crippen LogP contribution in [-0.2, 0) is 6.42 Å². The van der Waals surface area contributed by atoms with E-state index in [-0.39, 0.29) is 0 Å². The van der Waals surface area contributed by atoms with Crippen molar-refractivity contribution in [3.63, 3.8) is 0 Å². The number of aryl methyl sites for hydroxylation is 1. The molecule has 0 amide bonds. The van der Waals surface area contributed by atoms with E-state index in [0.717, 1.165) is 54.5 Å². The number of fused-ring (bicyclic) bond motifs is 1. The molecule has 0 unspecified atom stereocenters. The second kappa shape index (κ2) is 6.31. The molecular weight excluding hydrogens is 320 g/mol. The van der Waals surface area contributed by atoms with Crippen LogP contribution >= 0.6 is 0 Å². The van der Waals surface area contributed by atoms with Gasteiger partial charge >= 0.3 is 0 Å². The number of aromatic nitrogens is 2. The van der Waals surface area contributed by atoms with E-state index in [4.69, 9.17) is 5.10 Å². The van der Waals surface area contributed by atoms with Crippen LogP contribution in [0.4, 0.5) is 14.6 Å². The molecule has 2 heterocycles. The Labute approximate surface area is 145 Å². The topological polar surface area (TPSA) is 29.9 Å². The monoisotopic (exact) mass is 339 g/mol. The molecule has 4 rings (SSSR count). The van der Waals surface area contributed by atoms with E-state index in [0.29, 0.717) is 11.3 Å². The van der Waals surface area contributed by atoms with Crippen LogP contribution in [0.1, 0.15) is 24.0 Å². The number of benzene rings is 2. The molecule has 1 N–H and O–H groups in total. The summed E-state index contributed by atoms with van der Waals surface area (Å²) in [6.45, 7) is 2.88. The Morgan fingerprint density at radius 2 is 1.96 bits per heavy atom. The Morgan fingerprint density at radius 1 is 1.08 bits per heavy atom. The first kappa shape index (κ1) is 15.8. The van der Waals surface area contributed by atoms with Crippen LogP contribution in [0.5, 0.6) is 0 Å². The van der Waals surface area contributed by atoms with Gasteiger partial charge in [0.15, 0.2) is 0 Å². The molecule has 0 saturated carbocycles. The van der Waals surface area contributed by atoms with Crippen LogP contribution in [0.3, 0.4) is 0 Å². The minimum atomic E-state index is -0.582. The highest BCUT2D eigenvalue weighted by Gasteiger charge is 2.23. The van der Waals surface area contributed by atoms with Crippen molar-refractivity contribution in [2.24, 2.45) is 0 Å². The smallest absolute Gasteiger partial charge is 0.135 e. The second-order valence-electron chi connectivity index (χ2n) is 6.43. The number of hydrogen-bond acceptors (Lipinski definition) is 2. The van der Waals surface area contributed by atoms with E-state index in [9.17, 15) is 8.78 Å². The Kier molecular flexibility index (Phi) is 3.99. The van der Waals surface area contributed by atoms with Crippen LogP contribution in [0.15, 0.2) is 42.5 Å². The Balaban J connectivity index is 1.93. The van der Waals surface area contributed by atoms with Crippen molar-refractivity contribution in [2.75, 3.05) is 11.9 Å². The molecule has 0 radical (unpaired) electrons. The first-order chi connectivity index (χ1) is 12.1. The molecule has 1 aliphatic heterocycles. The third-order valence-corrected chi connectivity index (χ3v) is 4.56. The predicted molar refractivity (Wildman–Crippen MR) is 95.1 cm³/mol. The van der Waals surface area contributed by atoms with Crippen molar-refractivity contribution in [1.29, 1.82) is 0 Å². The molecule has 128 valence electrons. The van der Waals surface area contributed by atoms with E-state index >= 15 is 0 Å². The Hall–Kier alpha value is -2.69. The van der Waals surface area contributed by atoms with Crippen LogP contribution in [0.2, 0.25) is 0 Å². The Morgan fingerprint density at radius 3 is 2.76 bits per heavy atom. The van der Waals surface area contributed by atoms with E-state index in [1.54, 1.807) is 0 Å².